The van der Waals surface area contributed by atoms with E-state index in [1.165, 1.54) is 23.5 Å². The summed E-state index contributed by atoms with van der Waals surface area (Å²) >= 11 is 1.36. The smallest absolute Gasteiger partial charge is 0.243 e. The molecule has 1 aromatic heterocycles. The highest BCUT2D eigenvalue weighted by Gasteiger charge is 2.15. The van der Waals surface area contributed by atoms with Crippen LogP contribution in [0.1, 0.15) is 11.3 Å². The lowest BCUT2D eigenvalue weighted by molar-refractivity contribution is -0.117. The Kier molecular flexibility index (Phi) is 4.24. The summed E-state index contributed by atoms with van der Waals surface area (Å²) in [6.07, 6.45) is 0.358. The summed E-state index contributed by atoms with van der Waals surface area (Å²) in [6, 6.07) is 5.26. The maximum Gasteiger partial charge on any atom is 0.243 e. The van der Waals surface area contributed by atoms with Crippen LogP contribution in [-0.4, -0.2) is 16.9 Å². The van der Waals surface area contributed by atoms with Crippen molar-refractivity contribution < 1.29 is 9.18 Å². The van der Waals surface area contributed by atoms with Crippen LogP contribution < -0.4 is 11.1 Å². The van der Waals surface area contributed by atoms with Gasteiger partial charge < -0.3 is 11.1 Å². The number of nitrogens with zero attached hydrogens (tertiary/aromatic N) is 1. The maximum absolute atomic E-state index is 12.8. The minimum absolute atomic E-state index is 0.293. The van der Waals surface area contributed by atoms with Crippen LogP contribution in [0.3, 0.4) is 0 Å². The number of hydrogen-bond acceptors (Lipinski definition) is 4. The van der Waals surface area contributed by atoms with Crippen LogP contribution in [0, 0.1) is 12.7 Å². The number of aromatic nitrogens is 1. The molecule has 0 radical (unpaired) electrons. The summed E-state index contributed by atoms with van der Waals surface area (Å²) in [7, 11) is 0. The number of carbonyl (C=O) groups excluding carboxylic acids is 1. The molecule has 0 aliphatic rings. The van der Waals surface area contributed by atoms with E-state index >= 15 is 0 Å². The number of halogens is 1. The largest absolute Gasteiger partial charge is 0.320 e. The highest BCUT2D eigenvalue weighted by atomic mass is 32.1. The Morgan fingerprint density at radius 1 is 1.47 bits per heavy atom. The van der Waals surface area contributed by atoms with Gasteiger partial charge in [0.15, 0.2) is 5.13 Å². The van der Waals surface area contributed by atoms with Gasteiger partial charge in [-0.1, -0.05) is 12.1 Å². The normalized spacial score (nSPS) is 12.2. The first-order chi connectivity index (χ1) is 9.04. The molecule has 4 nitrogen and oxygen atoms in total. The molecule has 0 aliphatic carbocycles. The number of anilines is 1. The van der Waals surface area contributed by atoms with Gasteiger partial charge in [-0.2, -0.15) is 0 Å². The third kappa shape index (κ3) is 3.84. The first kappa shape index (κ1) is 13.6. The Bertz CT molecular complexity index is 568. The molecule has 3 N–H and O–H groups in total. The van der Waals surface area contributed by atoms with Gasteiger partial charge in [0.25, 0.3) is 0 Å². The Hall–Kier alpha value is -1.79. The number of aryl methyl sites for hydroxylation is 1. The fraction of sp³-hybridized carbons (Fsp3) is 0.231. The maximum atomic E-state index is 12.8. The van der Waals surface area contributed by atoms with Gasteiger partial charge >= 0.3 is 0 Å². The van der Waals surface area contributed by atoms with Crippen LogP contribution in [-0.2, 0) is 11.2 Å². The Morgan fingerprint density at radius 3 is 2.74 bits per heavy atom. The Balaban J connectivity index is 1.94. The molecule has 19 heavy (non-hydrogen) atoms. The van der Waals surface area contributed by atoms with Crippen molar-refractivity contribution in [2.45, 2.75) is 19.4 Å². The molecule has 0 aliphatic heterocycles. The second-order valence-electron chi connectivity index (χ2n) is 4.22. The predicted molar refractivity (Wildman–Crippen MR) is 73.6 cm³/mol. The standard InChI is InChI=1S/C13H14FN3OS/c1-8-7-19-13(16-8)17-12(18)11(15)6-9-2-4-10(14)5-3-9/h2-5,7,11H,6,15H2,1H3,(H,16,17,18)/t11-/m0/s1. The van der Waals surface area contributed by atoms with Gasteiger partial charge in [-0.25, -0.2) is 9.37 Å². The molecule has 1 heterocycles. The van der Waals surface area contributed by atoms with Crippen molar-refractivity contribution in [2.24, 2.45) is 5.73 Å². The summed E-state index contributed by atoms with van der Waals surface area (Å²) in [6.45, 7) is 1.85. The van der Waals surface area contributed by atoms with Crippen LogP contribution >= 0.6 is 11.3 Å². The van der Waals surface area contributed by atoms with E-state index in [0.29, 0.717) is 11.6 Å². The van der Waals surface area contributed by atoms with E-state index in [1.807, 2.05) is 12.3 Å². The fourth-order valence-electron chi connectivity index (χ4n) is 1.58. The molecule has 1 aromatic carbocycles. The van der Waals surface area contributed by atoms with Crippen molar-refractivity contribution in [3.63, 3.8) is 0 Å². The highest BCUT2D eigenvalue weighted by molar-refractivity contribution is 7.13. The van der Waals surface area contributed by atoms with Gasteiger partial charge in [0.2, 0.25) is 5.91 Å². The number of nitrogens with two attached hydrogens (primary N) is 1. The van der Waals surface area contributed by atoms with E-state index in [0.717, 1.165) is 11.3 Å². The fourth-order valence-corrected chi connectivity index (χ4v) is 2.27. The lowest BCUT2D eigenvalue weighted by atomic mass is 10.1. The van der Waals surface area contributed by atoms with Crippen LogP contribution in [0.2, 0.25) is 0 Å². The van der Waals surface area contributed by atoms with E-state index in [4.69, 9.17) is 5.73 Å². The van der Waals surface area contributed by atoms with Gasteiger partial charge in [-0.15, -0.1) is 11.3 Å². The number of hydrogen-bond donors (Lipinski definition) is 2. The van der Waals surface area contributed by atoms with E-state index in [1.54, 1.807) is 12.1 Å². The second-order valence-corrected chi connectivity index (χ2v) is 5.08. The summed E-state index contributed by atoms with van der Waals surface area (Å²) < 4.78 is 12.8. The number of amides is 1. The zero-order valence-corrected chi connectivity index (χ0v) is 11.2. The van der Waals surface area contributed by atoms with Crippen LogP contribution in [0.25, 0.3) is 0 Å². The summed E-state index contributed by atoms with van der Waals surface area (Å²) in [5.41, 5.74) is 7.49. The topological polar surface area (TPSA) is 68.0 Å². The summed E-state index contributed by atoms with van der Waals surface area (Å²) in [4.78, 5) is 16.0. The lowest BCUT2D eigenvalue weighted by Gasteiger charge is -2.10. The van der Waals surface area contributed by atoms with E-state index in [9.17, 15) is 9.18 Å². The molecule has 0 bridgehead atoms. The predicted octanol–water partition coefficient (Wildman–Crippen LogP) is 2.10. The molecule has 6 heteroatoms. The Labute approximate surface area is 114 Å². The Morgan fingerprint density at radius 2 is 2.16 bits per heavy atom. The molecule has 1 atom stereocenters. The van der Waals surface area contributed by atoms with Crippen molar-refractivity contribution >= 4 is 22.4 Å². The number of nitrogens with one attached hydrogen (secondary N) is 1. The molecular weight excluding hydrogens is 265 g/mol. The van der Waals surface area contributed by atoms with Gasteiger partial charge in [0, 0.05) is 5.38 Å². The number of rotatable bonds is 4. The first-order valence-electron chi connectivity index (χ1n) is 5.77. The number of thiazole rings is 1. The van der Waals surface area contributed by atoms with Gasteiger partial charge in [-0.3, -0.25) is 4.79 Å². The molecular formula is C13H14FN3OS. The number of benzene rings is 1. The average molecular weight is 279 g/mol. The highest BCUT2D eigenvalue weighted by Crippen LogP contribution is 2.15. The molecule has 2 rings (SSSR count). The van der Waals surface area contributed by atoms with Crippen LogP contribution in [0.5, 0.6) is 0 Å². The monoisotopic (exact) mass is 279 g/mol. The van der Waals surface area contributed by atoms with Gasteiger partial charge in [-0.05, 0) is 31.0 Å². The molecule has 2 aromatic rings. The van der Waals surface area contributed by atoms with Gasteiger partial charge in [0.1, 0.15) is 5.82 Å². The number of carbonyl (C=O) groups is 1. The van der Waals surface area contributed by atoms with Gasteiger partial charge in [0.05, 0.1) is 11.7 Å². The average Bonchev–Trinajstić information content (AvgIpc) is 2.77. The van der Waals surface area contributed by atoms with E-state index in [2.05, 4.69) is 10.3 Å². The minimum Gasteiger partial charge on any atom is -0.320 e. The second kappa shape index (κ2) is 5.90. The molecule has 0 unspecified atom stereocenters. The molecule has 0 saturated heterocycles. The zero-order chi connectivity index (χ0) is 13.8. The third-order valence-corrected chi connectivity index (χ3v) is 3.43. The van der Waals surface area contributed by atoms with Crippen LogP contribution in [0.4, 0.5) is 9.52 Å². The third-order valence-electron chi connectivity index (χ3n) is 2.55. The summed E-state index contributed by atoms with van der Waals surface area (Å²) in [5, 5.41) is 5.05. The van der Waals surface area contributed by atoms with Crippen molar-refractivity contribution in [1.82, 2.24) is 4.98 Å². The zero-order valence-electron chi connectivity index (χ0n) is 10.4. The van der Waals surface area contributed by atoms with Crippen molar-refractivity contribution in [3.8, 4) is 0 Å². The molecule has 100 valence electrons. The minimum atomic E-state index is -0.685. The molecule has 1 amide bonds. The van der Waals surface area contributed by atoms with E-state index < -0.39 is 6.04 Å². The first-order valence-corrected chi connectivity index (χ1v) is 6.65. The van der Waals surface area contributed by atoms with Crippen LogP contribution in [0.15, 0.2) is 29.6 Å². The van der Waals surface area contributed by atoms with E-state index in [-0.39, 0.29) is 11.7 Å². The summed E-state index contributed by atoms with van der Waals surface area (Å²) in [5.74, 6) is -0.598. The molecule has 0 saturated carbocycles. The van der Waals surface area contributed by atoms with Crippen molar-refractivity contribution in [1.29, 1.82) is 0 Å². The molecule has 0 spiro atoms. The lowest BCUT2D eigenvalue weighted by Crippen LogP contribution is -2.37. The van der Waals surface area contributed by atoms with Crippen molar-refractivity contribution in [2.75, 3.05) is 5.32 Å². The quantitative estimate of drug-likeness (QED) is 0.900. The SMILES string of the molecule is Cc1csc(NC(=O)[C@@H](N)Cc2ccc(F)cc2)n1. The van der Waals surface area contributed by atoms with Crippen molar-refractivity contribution in [3.05, 3.63) is 46.7 Å². The molecule has 0 fully saturated rings.